The summed E-state index contributed by atoms with van der Waals surface area (Å²) in [6, 6.07) is 9.61. The standard InChI is InChI=1S/C18H23N3O2S/c1-2-3-7-11-21(14-16(22)20-18-19-10-12-24-18)17(23)13-15-8-5-4-6-9-15/h4-6,8-10,12H,2-3,7,11,13-14H2,1H3,(H,19,20,22). The molecule has 0 fully saturated rings. The highest BCUT2D eigenvalue weighted by Gasteiger charge is 2.17. The molecule has 1 aromatic carbocycles. The summed E-state index contributed by atoms with van der Waals surface area (Å²) in [6.07, 6.45) is 4.98. The Kier molecular flexibility index (Phi) is 7.42. The van der Waals surface area contributed by atoms with Crippen LogP contribution in [0.15, 0.2) is 41.9 Å². The molecule has 1 N–H and O–H groups in total. The van der Waals surface area contributed by atoms with Gasteiger partial charge < -0.3 is 10.2 Å². The number of thiazole rings is 1. The molecule has 0 radical (unpaired) electrons. The average Bonchev–Trinajstić information content (AvgIpc) is 3.08. The maximum Gasteiger partial charge on any atom is 0.245 e. The van der Waals surface area contributed by atoms with Crippen LogP contribution in [0, 0.1) is 0 Å². The van der Waals surface area contributed by atoms with Crippen molar-refractivity contribution < 1.29 is 9.59 Å². The molecule has 0 aliphatic heterocycles. The molecule has 1 heterocycles. The lowest BCUT2D eigenvalue weighted by Crippen LogP contribution is -2.39. The van der Waals surface area contributed by atoms with Gasteiger partial charge in [-0.3, -0.25) is 9.59 Å². The van der Waals surface area contributed by atoms with Crippen LogP contribution in [0.2, 0.25) is 0 Å². The maximum absolute atomic E-state index is 12.6. The topological polar surface area (TPSA) is 62.3 Å². The Bertz CT molecular complexity index is 629. The lowest BCUT2D eigenvalue weighted by atomic mass is 10.1. The summed E-state index contributed by atoms with van der Waals surface area (Å²) < 4.78 is 0. The van der Waals surface area contributed by atoms with Crippen LogP contribution >= 0.6 is 11.3 Å². The Morgan fingerprint density at radius 3 is 2.67 bits per heavy atom. The van der Waals surface area contributed by atoms with Crippen LogP contribution in [0.25, 0.3) is 0 Å². The van der Waals surface area contributed by atoms with Crippen molar-refractivity contribution in [2.45, 2.75) is 32.6 Å². The highest BCUT2D eigenvalue weighted by molar-refractivity contribution is 7.13. The van der Waals surface area contributed by atoms with Crippen molar-refractivity contribution in [2.75, 3.05) is 18.4 Å². The van der Waals surface area contributed by atoms with Gasteiger partial charge in [0.1, 0.15) is 0 Å². The van der Waals surface area contributed by atoms with E-state index < -0.39 is 0 Å². The molecule has 0 unspecified atom stereocenters. The smallest absolute Gasteiger partial charge is 0.245 e. The Labute approximate surface area is 146 Å². The van der Waals surface area contributed by atoms with Gasteiger partial charge in [0.05, 0.1) is 13.0 Å². The molecule has 0 saturated carbocycles. The van der Waals surface area contributed by atoms with Gasteiger partial charge >= 0.3 is 0 Å². The van der Waals surface area contributed by atoms with Gasteiger partial charge in [-0.25, -0.2) is 4.98 Å². The predicted molar refractivity (Wildman–Crippen MR) is 97.0 cm³/mol. The van der Waals surface area contributed by atoms with Crippen LogP contribution in [-0.4, -0.2) is 34.8 Å². The first-order valence-electron chi connectivity index (χ1n) is 8.20. The number of amides is 2. The Morgan fingerprint density at radius 1 is 1.21 bits per heavy atom. The Hall–Kier alpha value is -2.21. The molecule has 0 aliphatic carbocycles. The minimum Gasteiger partial charge on any atom is -0.333 e. The summed E-state index contributed by atoms with van der Waals surface area (Å²) in [5, 5.41) is 5.10. The highest BCUT2D eigenvalue weighted by atomic mass is 32.1. The van der Waals surface area contributed by atoms with E-state index in [0.717, 1.165) is 24.8 Å². The van der Waals surface area contributed by atoms with Crippen molar-refractivity contribution in [3.8, 4) is 0 Å². The van der Waals surface area contributed by atoms with Gasteiger partial charge in [-0.05, 0) is 12.0 Å². The number of carbonyl (C=O) groups is 2. The van der Waals surface area contributed by atoms with E-state index >= 15 is 0 Å². The number of nitrogens with zero attached hydrogens (tertiary/aromatic N) is 2. The van der Waals surface area contributed by atoms with Crippen molar-refractivity contribution >= 4 is 28.3 Å². The molecule has 0 aliphatic rings. The molecule has 2 aromatic rings. The zero-order chi connectivity index (χ0) is 17.2. The van der Waals surface area contributed by atoms with Crippen molar-refractivity contribution in [3.05, 3.63) is 47.5 Å². The lowest BCUT2D eigenvalue weighted by molar-refractivity contribution is -0.134. The maximum atomic E-state index is 12.6. The molecule has 128 valence electrons. The largest absolute Gasteiger partial charge is 0.333 e. The van der Waals surface area contributed by atoms with Gasteiger partial charge in [0.25, 0.3) is 0 Å². The van der Waals surface area contributed by atoms with E-state index in [1.807, 2.05) is 30.3 Å². The number of nitrogens with one attached hydrogen (secondary N) is 1. The summed E-state index contributed by atoms with van der Waals surface area (Å²) in [5.74, 6) is -0.227. The van der Waals surface area contributed by atoms with Gasteiger partial charge in [-0.15, -0.1) is 11.3 Å². The monoisotopic (exact) mass is 345 g/mol. The minimum atomic E-state index is -0.206. The third-order valence-corrected chi connectivity index (χ3v) is 4.28. The molecular weight excluding hydrogens is 322 g/mol. The molecule has 0 atom stereocenters. The molecule has 1 aromatic heterocycles. The Morgan fingerprint density at radius 2 is 2.00 bits per heavy atom. The van der Waals surface area contributed by atoms with Crippen molar-refractivity contribution in [1.82, 2.24) is 9.88 Å². The number of unbranched alkanes of at least 4 members (excludes halogenated alkanes) is 2. The van der Waals surface area contributed by atoms with E-state index in [0.29, 0.717) is 18.1 Å². The fraction of sp³-hybridized carbons (Fsp3) is 0.389. The van der Waals surface area contributed by atoms with Crippen molar-refractivity contribution in [2.24, 2.45) is 0 Å². The highest BCUT2D eigenvalue weighted by Crippen LogP contribution is 2.11. The number of hydrogen-bond donors (Lipinski definition) is 1. The SMILES string of the molecule is CCCCCN(CC(=O)Nc1nccs1)C(=O)Cc1ccccc1. The van der Waals surface area contributed by atoms with Crippen LogP contribution in [0.5, 0.6) is 0 Å². The van der Waals surface area contributed by atoms with Crippen LogP contribution in [-0.2, 0) is 16.0 Å². The van der Waals surface area contributed by atoms with Gasteiger partial charge in [0.2, 0.25) is 11.8 Å². The van der Waals surface area contributed by atoms with Gasteiger partial charge in [0, 0.05) is 18.1 Å². The zero-order valence-electron chi connectivity index (χ0n) is 13.9. The van der Waals surface area contributed by atoms with Gasteiger partial charge in [-0.1, -0.05) is 50.1 Å². The molecule has 0 spiro atoms. The van der Waals surface area contributed by atoms with Crippen LogP contribution in [0.1, 0.15) is 31.7 Å². The Balaban J connectivity index is 1.94. The van der Waals surface area contributed by atoms with Crippen LogP contribution in [0.3, 0.4) is 0 Å². The number of anilines is 1. The third kappa shape index (κ3) is 6.12. The molecule has 24 heavy (non-hydrogen) atoms. The summed E-state index contributed by atoms with van der Waals surface area (Å²) >= 11 is 1.36. The average molecular weight is 345 g/mol. The van der Waals surface area contributed by atoms with E-state index in [1.165, 1.54) is 11.3 Å². The normalized spacial score (nSPS) is 10.4. The molecule has 5 nitrogen and oxygen atoms in total. The fourth-order valence-electron chi connectivity index (χ4n) is 2.34. The number of aromatic nitrogens is 1. The summed E-state index contributed by atoms with van der Waals surface area (Å²) in [7, 11) is 0. The second kappa shape index (κ2) is 9.82. The zero-order valence-corrected chi connectivity index (χ0v) is 14.7. The first kappa shape index (κ1) is 18.1. The first-order valence-corrected chi connectivity index (χ1v) is 9.08. The second-order valence-electron chi connectivity index (χ2n) is 5.57. The fourth-order valence-corrected chi connectivity index (χ4v) is 2.89. The van der Waals surface area contributed by atoms with E-state index in [2.05, 4.69) is 17.2 Å². The minimum absolute atomic E-state index is 0.0217. The second-order valence-corrected chi connectivity index (χ2v) is 6.46. The van der Waals surface area contributed by atoms with Gasteiger partial charge in [0.15, 0.2) is 5.13 Å². The predicted octanol–water partition coefficient (Wildman–Crippen LogP) is 3.34. The molecule has 2 amide bonds. The van der Waals surface area contributed by atoms with Crippen LogP contribution < -0.4 is 5.32 Å². The molecule has 2 rings (SSSR count). The van der Waals surface area contributed by atoms with Crippen molar-refractivity contribution in [3.63, 3.8) is 0 Å². The van der Waals surface area contributed by atoms with E-state index in [1.54, 1.807) is 16.5 Å². The van der Waals surface area contributed by atoms with Gasteiger partial charge in [-0.2, -0.15) is 0 Å². The number of hydrogen-bond acceptors (Lipinski definition) is 4. The van der Waals surface area contributed by atoms with Crippen molar-refractivity contribution in [1.29, 1.82) is 0 Å². The first-order chi connectivity index (χ1) is 11.7. The van der Waals surface area contributed by atoms with E-state index in [-0.39, 0.29) is 18.4 Å². The lowest BCUT2D eigenvalue weighted by Gasteiger charge is -2.22. The molecule has 6 heteroatoms. The number of carbonyl (C=O) groups excluding carboxylic acids is 2. The summed E-state index contributed by atoms with van der Waals surface area (Å²) in [5.41, 5.74) is 0.961. The summed E-state index contributed by atoms with van der Waals surface area (Å²) in [6.45, 7) is 2.78. The van der Waals surface area contributed by atoms with E-state index in [4.69, 9.17) is 0 Å². The quantitative estimate of drug-likeness (QED) is 0.709. The molecule has 0 bridgehead atoms. The molecular formula is C18H23N3O2S. The molecule has 0 saturated heterocycles. The third-order valence-electron chi connectivity index (χ3n) is 3.60. The van der Waals surface area contributed by atoms with E-state index in [9.17, 15) is 9.59 Å². The number of benzene rings is 1. The van der Waals surface area contributed by atoms with Crippen LogP contribution in [0.4, 0.5) is 5.13 Å². The number of rotatable bonds is 9. The summed E-state index contributed by atoms with van der Waals surface area (Å²) in [4.78, 5) is 30.4.